The van der Waals surface area contributed by atoms with Crippen molar-refractivity contribution >= 4 is 37.3 Å². The van der Waals surface area contributed by atoms with Crippen LogP contribution in [0.5, 0.6) is 0 Å². The first-order valence-electron chi connectivity index (χ1n) is 7.19. The lowest BCUT2D eigenvalue weighted by Crippen LogP contribution is -2.25. The number of esters is 1. The van der Waals surface area contributed by atoms with E-state index in [4.69, 9.17) is 15.4 Å². The summed E-state index contributed by atoms with van der Waals surface area (Å²) in [5, 5.41) is 0. The van der Waals surface area contributed by atoms with Crippen molar-refractivity contribution in [3.8, 4) is 0 Å². The second-order valence-corrected chi connectivity index (χ2v) is 8.60. The Balaban J connectivity index is 2.08. The minimum atomic E-state index is -3.63. The molecule has 126 valence electrons. The van der Waals surface area contributed by atoms with Crippen LogP contribution in [0.15, 0.2) is 24.3 Å². The summed E-state index contributed by atoms with van der Waals surface area (Å²) >= 11 is 0. The van der Waals surface area contributed by atoms with Crippen LogP contribution in [0.3, 0.4) is 0 Å². The molecule has 1 unspecified atom stereocenters. The van der Waals surface area contributed by atoms with E-state index in [-0.39, 0.29) is 30.1 Å². The van der Waals surface area contributed by atoms with Crippen molar-refractivity contribution in [2.75, 3.05) is 17.2 Å². The maximum Gasteiger partial charge on any atom is 0.338 e. The fourth-order valence-electron chi connectivity index (χ4n) is 2.48. The zero-order valence-corrected chi connectivity index (χ0v) is 14.4. The van der Waals surface area contributed by atoms with E-state index in [1.165, 1.54) is 4.90 Å². The van der Waals surface area contributed by atoms with Gasteiger partial charge in [-0.15, -0.1) is 0 Å². The van der Waals surface area contributed by atoms with Crippen LogP contribution in [0.2, 0.25) is 0 Å². The molecule has 6 nitrogen and oxygen atoms in total. The maximum atomic E-state index is 12.0. The van der Waals surface area contributed by atoms with Gasteiger partial charge in [0.15, 0.2) is 0 Å². The second-order valence-electron chi connectivity index (χ2n) is 5.78. The normalized spacial score (nSPS) is 18.5. The van der Waals surface area contributed by atoms with E-state index in [0.29, 0.717) is 17.8 Å². The summed E-state index contributed by atoms with van der Waals surface area (Å²) in [4.78, 5) is 25.3. The Hall–Kier alpha value is -1.60. The quantitative estimate of drug-likeness (QED) is 0.594. The van der Waals surface area contributed by atoms with Gasteiger partial charge in [0.2, 0.25) is 15.0 Å². The molecule has 0 radical (unpaired) electrons. The van der Waals surface area contributed by atoms with Gasteiger partial charge in [-0.05, 0) is 38.1 Å². The fraction of sp³-hybridized carbons (Fsp3) is 0.467. The van der Waals surface area contributed by atoms with Gasteiger partial charge in [0.05, 0.1) is 17.4 Å². The molecule has 1 saturated heterocycles. The minimum absolute atomic E-state index is 0.142. The molecule has 1 aliphatic rings. The molecule has 1 atom stereocenters. The van der Waals surface area contributed by atoms with Gasteiger partial charge >= 0.3 is 5.97 Å². The molecule has 8 heteroatoms. The summed E-state index contributed by atoms with van der Waals surface area (Å²) in [5.74, 6) is -1.14. The Morgan fingerprint density at radius 1 is 1.35 bits per heavy atom. The van der Waals surface area contributed by atoms with Crippen LogP contribution < -0.4 is 4.90 Å². The van der Waals surface area contributed by atoms with Gasteiger partial charge in [-0.1, -0.05) is 0 Å². The Bertz CT molecular complexity index is 699. The highest BCUT2D eigenvalue weighted by Gasteiger charge is 2.33. The van der Waals surface area contributed by atoms with E-state index in [1.54, 1.807) is 38.1 Å². The standard InChI is InChI=1S/C15H18ClNO5S/c1-10(2)22-15(19)12-3-5-13(6-4-12)17-8-11(7-14(17)18)9-23(16,20)21/h3-6,10-11H,7-9H2,1-2H3. The molecular weight excluding hydrogens is 342 g/mol. The Labute approximate surface area is 139 Å². The Morgan fingerprint density at radius 3 is 2.48 bits per heavy atom. The fourth-order valence-corrected chi connectivity index (χ4v) is 3.80. The number of hydrogen-bond acceptors (Lipinski definition) is 5. The number of amides is 1. The molecule has 2 rings (SSSR count). The van der Waals surface area contributed by atoms with Gasteiger partial charge in [0.25, 0.3) is 0 Å². The average Bonchev–Trinajstić information content (AvgIpc) is 2.76. The molecular formula is C15H18ClNO5S. The van der Waals surface area contributed by atoms with Crippen molar-refractivity contribution in [1.29, 1.82) is 0 Å². The highest BCUT2D eigenvalue weighted by Crippen LogP contribution is 2.27. The number of carbonyl (C=O) groups is 2. The van der Waals surface area contributed by atoms with Crippen molar-refractivity contribution in [3.05, 3.63) is 29.8 Å². The molecule has 1 amide bonds. The highest BCUT2D eigenvalue weighted by atomic mass is 35.7. The maximum absolute atomic E-state index is 12.0. The van der Waals surface area contributed by atoms with E-state index in [1.807, 2.05) is 0 Å². The number of anilines is 1. The molecule has 1 aromatic rings. The Kier molecular flexibility index (Phi) is 5.31. The lowest BCUT2D eigenvalue weighted by Gasteiger charge is -2.17. The molecule has 1 aliphatic heterocycles. The minimum Gasteiger partial charge on any atom is -0.459 e. The van der Waals surface area contributed by atoms with E-state index >= 15 is 0 Å². The third kappa shape index (κ3) is 4.94. The summed E-state index contributed by atoms with van der Waals surface area (Å²) in [7, 11) is 1.61. The SMILES string of the molecule is CC(C)OC(=O)c1ccc(N2CC(CS(=O)(=O)Cl)CC2=O)cc1. The predicted octanol–water partition coefficient (Wildman–Crippen LogP) is 2.17. The number of benzene rings is 1. The largest absolute Gasteiger partial charge is 0.459 e. The van der Waals surface area contributed by atoms with Crippen molar-refractivity contribution in [1.82, 2.24) is 0 Å². The van der Waals surface area contributed by atoms with Gasteiger partial charge in [-0.3, -0.25) is 4.79 Å². The topological polar surface area (TPSA) is 80.8 Å². The van der Waals surface area contributed by atoms with Gasteiger partial charge in [0, 0.05) is 35.3 Å². The third-order valence-corrected chi connectivity index (χ3v) is 4.64. The number of carbonyl (C=O) groups excluding carboxylic acids is 2. The van der Waals surface area contributed by atoms with Gasteiger partial charge < -0.3 is 9.64 Å². The summed E-state index contributed by atoms with van der Waals surface area (Å²) in [5.41, 5.74) is 1.01. The van der Waals surface area contributed by atoms with E-state index < -0.39 is 15.0 Å². The van der Waals surface area contributed by atoms with E-state index in [9.17, 15) is 18.0 Å². The second kappa shape index (κ2) is 6.88. The molecule has 0 N–H and O–H groups in total. The monoisotopic (exact) mass is 359 g/mol. The van der Waals surface area contributed by atoms with Crippen molar-refractivity contribution in [2.24, 2.45) is 5.92 Å². The summed E-state index contributed by atoms with van der Waals surface area (Å²) in [6.07, 6.45) is -0.0658. The predicted molar refractivity (Wildman–Crippen MR) is 87.1 cm³/mol. The van der Waals surface area contributed by atoms with Crippen LogP contribution in [0.4, 0.5) is 5.69 Å². The molecule has 23 heavy (non-hydrogen) atoms. The van der Waals surface area contributed by atoms with Crippen LogP contribution in [0, 0.1) is 5.92 Å². The molecule has 0 aliphatic carbocycles. The van der Waals surface area contributed by atoms with E-state index in [2.05, 4.69) is 0 Å². The smallest absolute Gasteiger partial charge is 0.338 e. The molecule has 1 fully saturated rings. The van der Waals surface area contributed by atoms with Gasteiger partial charge in [0.1, 0.15) is 0 Å². The number of nitrogens with zero attached hydrogens (tertiary/aromatic N) is 1. The number of ether oxygens (including phenoxy) is 1. The van der Waals surface area contributed by atoms with Crippen molar-refractivity contribution in [3.63, 3.8) is 0 Å². The van der Waals surface area contributed by atoms with Crippen LogP contribution in [0.1, 0.15) is 30.6 Å². The highest BCUT2D eigenvalue weighted by molar-refractivity contribution is 8.13. The molecule has 0 bridgehead atoms. The van der Waals surface area contributed by atoms with Crippen molar-refractivity contribution in [2.45, 2.75) is 26.4 Å². The molecule has 1 heterocycles. The first-order valence-corrected chi connectivity index (χ1v) is 9.67. The van der Waals surface area contributed by atoms with Crippen LogP contribution >= 0.6 is 10.7 Å². The first-order chi connectivity index (χ1) is 10.7. The number of rotatable bonds is 5. The van der Waals surface area contributed by atoms with Crippen LogP contribution in [0.25, 0.3) is 0 Å². The zero-order chi connectivity index (χ0) is 17.2. The zero-order valence-electron chi connectivity index (χ0n) is 12.9. The summed E-state index contributed by atoms with van der Waals surface area (Å²) < 4.78 is 27.4. The number of hydrogen-bond donors (Lipinski definition) is 0. The van der Waals surface area contributed by atoms with Crippen LogP contribution in [-0.2, 0) is 18.6 Å². The molecule has 0 saturated carbocycles. The summed E-state index contributed by atoms with van der Waals surface area (Å²) in [6, 6.07) is 6.46. The van der Waals surface area contributed by atoms with E-state index in [0.717, 1.165) is 0 Å². The Morgan fingerprint density at radius 2 is 1.96 bits per heavy atom. The van der Waals surface area contributed by atoms with Crippen LogP contribution in [-0.4, -0.2) is 38.7 Å². The lowest BCUT2D eigenvalue weighted by molar-refractivity contribution is -0.117. The molecule has 0 aromatic heterocycles. The molecule has 1 aromatic carbocycles. The number of halogens is 1. The first kappa shape index (κ1) is 17.7. The van der Waals surface area contributed by atoms with Crippen molar-refractivity contribution < 1.29 is 22.7 Å². The molecule has 0 spiro atoms. The van der Waals surface area contributed by atoms with Gasteiger partial charge in [-0.2, -0.15) is 0 Å². The lowest BCUT2D eigenvalue weighted by atomic mass is 10.1. The van der Waals surface area contributed by atoms with Gasteiger partial charge in [-0.25, -0.2) is 13.2 Å². The third-order valence-electron chi connectivity index (χ3n) is 3.40. The average molecular weight is 360 g/mol. The summed E-state index contributed by atoms with van der Waals surface area (Å²) in [6.45, 7) is 3.82.